The van der Waals surface area contributed by atoms with Crippen molar-refractivity contribution >= 4 is 10.0 Å². The fourth-order valence-electron chi connectivity index (χ4n) is 3.21. The number of hydrogen-bond donors (Lipinski definition) is 0. The zero-order valence-electron chi connectivity index (χ0n) is 13.6. The van der Waals surface area contributed by atoms with Crippen LogP contribution in [0.3, 0.4) is 0 Å². The van der Waals surface area contributed by atoms with Crippen molar-refractivity contribution in [1.29, 1.82) is 10.5 Å². The van der Waals surface area contributed by atoms with Crippen LogP contribution in [0.4, 0.5) is 0 Å². The molecule has 6 heteroatoms. The molecule has 25 heavy (non-hydrogen) atoms. The average molecular weight is 351 g/mol. The van der Waals surface area contributed by atoms with Gasteiger partial charge in [-0.25, -0.2) is 8.42 Å². The third kappa shape index (κ3) is 3.15. The minimum Gasteiger partial charge on any atom is -0.207 e. The van der Waals surface area contributed by atoms with Crippen molar-refractivity contribution in [3.63, 3.8) is 0 Å². The number of nitrogens with zero attached hydrogens (tertiary/aromatic N) is 3. The number of sulfonamides is 1. The van der Waals surface area contributed by atoms with Crippen LogP contribution in [0.2, 0.25) is 0 Å². The standard InChI is InChI=1S/C19H17N3O2S/c20-14-16-5-4-8-18(13-16)25(23,24)22-11-9-19(15-21,10-12-22)17-6-2-1-3-7-17/h1-8,13H,9-12H2. The molecule has 5 nitrogen and oxygen atoms in total. The zero-order chi connectivity index (χ0) is 17.9. The Kier molecular flexibility index (Phi) is 4.59. The highest BCUT2D eigenvalue weighted by atomic mass is 32.2. The smallest absolute Gasteiger partial charge is 0.207 e. The van der Waals surface area contributed by atoms with E-state index >= 15 is 0 Å². The molecule has 0 bridgehead atoms. The average Bonchev–Trinajstić information content (AvgIpc) is 2.68. The van der Waals surface area contributed by atoms with E-state index in [1.165, 1.54) is 16.4 Å². The molecular weight excluding hydrogens is 334 g/mol. The van der Waals surface area contributed by atoms with Crippen molar-refractivity contribution in [2.75, 3.05) is 13.1 Å². The molecule has 0 spiro atoms. The predicted molar refractivity (Wildman–Crippen MR) is 92.9 cm³/mol. The Morgan fingerprint density at radius 2 is 1.64 bits per heavy atom. The molecule has 1 aliphatic rings. The molecule has 0 radical (unpaired) electrons. The first kappa shape index (κ1) is 17.2. The predicted octanol–water partition coefficient (Wildman–Crippen LogP) is 2.80. The van der Waals surface area contributed by atoms with Crippen LogP contribution in [0.15, 0.2) is 59.5 Å². The first-order valence-electron chi connectivity index (χ1n) is 7.99. The van der Waals surface area contributed by atoms with Crippen LogP contribution in [0.1, 0.15) is 24.0 Å². The van der Waals surface area contributed by atoms with Gasteiger partial charge in [-0.3, -0.25) is 0 Å². The molecule has 0 N–H and O–H groups in total. The molecule has 0 saturated carbocycles. The minimum atomic E-state index is -3.66. The number of benzene rings is 2. The summed E-state index contributed by atoms with van der Waals surface area (Å²) >= 11 is 0. The van der Waals surface area contributed by atoms with Gasteiger partial charge in [0.1, 0.15) is 0 Å². The van der Waals surface area contributed by atoms with Gasteiger partial charge < -0.3 is 0 Å². The molecule has 1 fully saturated rings. The third-order valence-corrected chi connectivity index (χ3v) is 6.61. The molecule has 2 aromatic rings. The maximum Gasteiger partial charge on any atom is 0.243 e. The highest BCUT2D eigenvalue weighted by molar-refractivity contribution is 7.89. The van der Waals surface area contributed by atoms with Gasteiger partial charge in [-0.05, 0) is 36.6 Å². The number of nitriles is 2. The summed E-state index contributed by atoms with van der Waals surface area (Å²) in [7, 11) is -3.66. The normalized spacial score (nSPS) is 17.4. The molecule has 1 heterocycles. The Labute approximate surface area is 147 Å². The Morgan fingerprint density at radius 1 is 0.960 bits per heavy atom. The molecular formula is C19H17N3O2S. The van der Waals surface area contributed by atoms with E-state index < -0.39 is 15.4 Å². The molecule has 0 amide bonds. The molecule has 0 unspecified atom stereocenters. The van der Waals surface area contributed by atoms with Crippen molar-refractivity contribution in [3.8, 4) is 12.1 Å². The first-order chi connectivity index (χ1) is 12.0. The van der Waals surface area contributed by atoms with Crippen LogP contribution in [-0.2, 0) is 15.4 Å². The number of piperidine rings is 1. The van der Waals surface area contributed by atoms with Crippen LogP contribution in [0.5, 0.6) is 0 Å². The van der Waals surface area contributed by atoms with Gasteiger partial charge in [-0.15, -0.1) is 0 Å². The van der Waals surface area contributed by atoms with Gasteiger partial charge in [0, 0.05) is 13.1 Å². The summed E-state index contributed by atoms with van der Waals surface area (Å²) in [6, 6.07) is 19.9. The first-order valence-corrected chi connectivity index (χ1v) is 9.43. The van der Waals surface area contributed by atoms with Gasteiger partial charge >= 0.3 is 0 Å². The highest BCUT2D eigenvalue weighted by Gasteiger charge is 2.40. The fourth-order valence-corrected chi connectivity index (χ4v) is 4.69. The maximum absolute atomic E-state index is 12.8. The molecule has 2 aromatic carbocycles. The third-order valence-electron chi connectivity index (χ3n) is 4.72. The lowest BCUT2D eigenvalue weighted by Crippen LogP contribution is -2.44. The van der Waals surface area contributed by atoms with Gasteiger partial charge in [0.2, 0.25) is 10.0 Å². The summed E-state index contributed by atoms with van der Waals surface area (Å²) < 4.78 is 27.1. The van der Waals surface area contributed by atoms with E-state index in [4.69, 9.17) is 5.26 Å². The summed E-state index contributed by atoms with van der Waals surface area (Å²) in [6.07, 6.45) is 0.898. The van der Waals surface area contributed by atoms with E-state index in [1.807, 2.05) is 36.4 Å². The van der Waals surface area contributed by atoms with Crippen LogP contribution < -0.4 is 0 Å². The maximum atomic E-state index is 12.8. The summed E-state index contributed by atoms with van der Waals surface area (Å²) in [4.78, 5) is 0.121. The van der Waals surface area contributed by atoms with E-state index in [1.54, 1.807) is 12.1 Å². The van der Waals surface area contributed by atoms with Gasteiger partial charge in [0.05, 0.1) is 28.0 Å². The number of hydrogen-bond acceptors (Lipinski definition) is 4. The summed E-state index contributed by atoms with van der Waals surface area (Å²) in [5, 5.41) is 18.7. The van der Waals surface area contributed by atoms with E-state index in [-0.39, 0.29) is 18.0 Å². The molecule has 3 rings (SSSR count). The Morgan fingerprint density at radius 3 is 2.24 bits per heavy atom. The largest absolute Gasteiger partial charge is 0.243 e. The second kappa shape index (κ2) is 6.68. The molecule has 1 saturated heterocycles. The minimum absolute atomic E-state index is 0.121. The monoisotopic (exact) mass is 351 g/mol. The van der Waals surface area contributed by atoms with E-state index in [9.17, 15) is 13.7 Å². The molecule has 1 aliphatic heterocycles. The van der Waals surface area contributed by atoms with Crippen molar-refractivity contribution < 1.29 is 8.42 Å². The van der Waals surface area contributed by atoms with Crippen molar-refractivity contribution in [2.45, 2.75) is 23.2 Å². The molecule has 0 atom stereocenters. The second-order valence-electron chi connectivity index (χ2n) is 6.10. The van der Waals surface area contributed by atoms with Crippen LogP contribution in [-0.4, -0.2) is 25.8 Å². The number of rotatable bonds is 3. The van der Waals surface area contributed by atoms with Gasteiger partial charge in [-0.1, -0.05) is 36.4 Å². The Balaban J connectivity index is 1.84. The molecule has 126 valence electrons. The van der Waals surface area contributed by atoms with E-state index in [2.05, 4.69) is 6.07 Å². The van der Waals surface area contributed by atoms with Crippen LogP contribution in [0, 0.1) is 22.7 Å². The second-order valence-corrected chi connectivity index (χ2v) is 8.04. The highest BCUT2D eigenvalue weighted by Crippen LogP contribution is 2.36. The van der Waals surface area contributed by atoms with E-state index in [0.717, 1.165) is 5.56 Å². The lowest BCUT2D eigenvalue weighted by atomic mass is 9.74. The van der Waals surface area contributed by atoms with Crippen molar-refractivity contribution in [3.05, 3.63) is 65.7 Å². The van der Waals surface area contributed by atoms with Gasteiger partial charge in [0.25, 0.3) is 0 Å². The van der Waals surface area contributed by atoms with Crippen LogP contribution in [0.25, 0.3) is 0 Å². The summed E-state index contributed by atoms with van der Waals surface area (Å²) in [5.41, 5.74) is 0.594. The van der Waals surface area contributed by atoms with Crippen molar-refractivity contribution in [2.24, 2.45) is 0 Å². The fraction of sp³-hybridized carbons (Fsp3) is 0.263. The Hall–Kier alpha value is -2.67. The van der Waals surface area contributed by atoms with Gasteiger partial charge in [0.15, 0.2) is 0 Å². The topological polar surface area (TPSA) is 85.0 Å². The SMILES string of the molecule is N#Cc1cccc(S(=O)(=O)N2CCC(C#N)(c3ccccc3)CC2)c1. The Bertz CT molecular complexity index is 948. The van der Waals surface area contributed by atoms with Crippen LogP contribution >= 0.6 is 0 Å². The molecule has 0 aliphatic carbocycles. The van der Waals surface area contributed by atoms with Gasteiger partial charge in [-0.2, -0.15) is 14.8 Å². The lowest BCUT2D eigenvalue weighted by molar-refractivity contribution is 0.277. The summed E-state index contributed by atoms with van der Waals surface area (Å²) in [6.45, 7) is 0.559. The molecule has 0 aromatic heterocycles. The van der Waals surface area contributed by atoms with E-state index in [0.29, 0.717) is 18.4 Å². The quantitative estimate of drug-likeness (QED) is 0.851. The summed E-state index contributed by atoms with van der Waals surface area (Å²) in [5.74, 6) is 0. The zero-order valence-corrected chi connectivity index (χ0v) is 14.4. The lowest BCUT2D eigenvalue weighted by Gasteiger charge is -2.36. The van der Waals surface area contributed by atoms with Crippen molar-refractivity contribution in [1.82, 2.24) is 4.31 Å².